The molecule has 1 aliphatic heterocycles. The van der Waals surface area contributed by atoms with Crippen LogP contribution in [-0.2, 0) is 16.0 Å². The molecule has 2 aliphatic rings. The largest absolute Gasteiger partial charge is 0.351 e. The number of nitrogens with zero attached hydrogens (tertiary/aromatic N) is 1. The van der Waals surface area contributed by atoms with Crippen molar-refractivity contribution in [2.75, 3.05) is 6.54 Å². The Hall–Kier alpha value is -1.84. The summed E-state index contributed by atoms with van der Waals surface area (Å²) in [5, 5.41) is 3.01. The molecule has 0 spiro atoms. The summed E-state index contributed by atoms with van der Waals surface area (Å²) in [7, 11) is 0. The van der Waals surface area contributed by atoms with Crippen LogP contribution in [0.15, 0.2) is 24.3 Å². The molecule has 21 heavy (non-hydrogen) atoms. The second kappa shape index (κ2) is 5.88. The number of carbonyl (C=O) groups is 2. The van der Waals surface area contributed by atoms with Crippen LogP contribution in [0.4, 0.5) is 0 Å². The third kappa shape index (κ3) is 3.43. The molecule has 0 aromatic heterocycles. The molecule has 1 heterocycles. The average Bonchev–Trinajstić information content (AvgIpc) is 3.23. The Morgan fingerprint density at radius 1 is 1.33 bits per heavy atom. The molecule has 1 N–H and O–H groups in total. The Morgan fingerprint density at radius 3 is 2.81 bits per heavy atom. The van der Waals surface area contributed by atoms with E-state index >= 15 is 0 Å². The molecule has 0 radical (unpaired) electrons. The average molecular weight is 286 g/mol. The van der Waals surface area contributed by atoms with Gasteiger partial charge in [0.25, 0.3) is 0 Å². The minimum atomic E-state index is 0.00229. The predicted molar refractivity (Wildman–Crippen MR) is 80.8 cm³/mol. The maximum Gasteiger partial charge on any atom is 0.225 e. The van der Waals surface area contributed by atoms with Gasteiger partial charge in [0.2, 0.25) is 11.8 Å². The lowest BCUT2D eigenvalue weighted by atomic mass is 10.0. The van der Waals surface area contributed by atoms with Gasteiger partial charge in [-0.3, -0.25) is 9.59 Å². The van der Waals surface area contributed by atoms with Gasteiger partial charge in [-0.05, 0) is 37.3 Å². The van der Waals surface area contributed by atoms with Gasteiger partial charge in [-0.2, -0.15) is 0 Å². The molecule has 1 aliphatic carbocycles. The number of hydrogen-bond donors (Lipinski definition) is 1. The molecular weight excluding hydrogens is 264 g/mol. The second-order valence-corrected chi connectivity index (χ2v) is 6.17. The smallest absolute Gasteiger partial charge is 0.225 e. The molecule has 4 heteroatoms. The molecule has 2 fully saturated rings. The first-order chi connectivity index (χ1) is 10.1. The fourth-order valence-corrected chi connectivity index (χ4v) is 3.01. The van der Waals surface area contributed by atoms with Gasteiger partial charge in [-0.1, -0.05) is 24.3 Å². The van der Waals surface area contributed by atoms with Crippen molar-refractivity contribution in [2.45, 2.75) is 51.1 Å². The number of amides is 2. The standard InChI is InChI=1S/C17H22N2O2/c1-12-4-2-3-5-13(12)6-9-16(20)18-14-10-17(21)19(11-14)15-7-8-15/h2-5,14-15H,6-11H2,1H3,(H,18,20). The van der Waals surface area contributed by atoms with Crippen LogP contribution in [0.2, 0.25) is 0 Å². The molecule has 0 bridgehead atoms. The lowest BCUT2D eigenvalue weighted by molar-refractivity contribution is -0.128. The summed E-state index contributed by atoms with van der Waals surface area (Å²) in [4.78, 5) is 25.8. The number of carbonyl (C=O) groups excluding carboxylic acids is 2. The second-order valence-electron chi connectivity index (χ2n) is 6.17. The van der Waals surface area contributed by atoms with Gasteiger partial charge in [0.05, 0.1) is 6.04 Å². The van der Waals surface area contributed by atoms with E-state index in [0.29, 0.717) is 25.4 Å². The Kier molecular flexibility index (Phi) is 3.95. The first-order valence-corrected chi connectivity index (χ1v) is 7.77. The number of nitrogens with one attached hydrogen (secondary N) is 1. The van der Waals surface area contributed by atoms with E-state index in [-0.39, 0.29) is 17.9 Å². The summed E-state index contributed by atoms with van der Waals surface area (Å²) in [5.74, 6) is 0.246. The van der Waals surface area contributed by atoms with Gasteiger partial charge in [0.15, 0.2) is 0 Å². The quantitative estimate of drug-likeness (QED) is 0.897. The highest BCUT2D eigenvalue weighted by Crippen LogP contribution is 2.30. The van der Waals surface area contributed by atoms with Crippen molar-refractivity contribution in [3.8, 4) is 0 Å². The van der Waals surface area contributed by atoms with Crippen molar-refractivity contribution in [3.05, 3.63) is 35.4 Å². The molecular formula is C17H22N2O2. The van der Waals surface area contributed by atoms with Crippen LogP contribution in [0.5, 0.6) is 0 Å². The molecule has 1 aromatic rings. The van der Waals surface area contributed by atoms with E-state index in [0.717, 1.165) is 19.3 Å². The SMILES string of the molecule is Cc1ccccc1CCC(=O)NC1CC(=O)N(C2CC2)C1. The van der Waals surface area contributed by atoms with E-state index in [1.165, 1.54) is 11.1 Å². The van der Waals surface area contributed by atoms with Crippen molar-refractivity contribution in [1.29, 1.82) is 0 Å². The van der Waals surface area contributed by atoms with Crippen LogP contribution in [0.1, 0.15) is 36.8 Å². The van der Waals surface area contributed by atoms with Gasteiger partial charge in [-0.25, -0.2) is 0 Å². The van der Waals surface area contributed by atoms with Gasteiger partial charge in [-0.15, -0.1) is 0 Å². The van der Waals surface area contributed by atoms with E-state index in [9.17, 15) is 9.59 Å². The van der Waals surface area contributed by atoms with E-state index in [4.69, 9.17) is 0 Å². The fourth-order valence-electron chi connectivity index (χ4n) is 3.01. The van der Waals surface area contributed by atoms with Crippen molar-refractivity contribution < 1.29 is 9.59 Å². The molecule has 1 saturated carbocycles. The van der Waals surface area contributed by atoms with Crippen molar-refractivity contribution >= 4 is 11.8 Å². The van der Waals surface area contributed by atoms with Crippen molar-refractivity contribution in [2.24, 2.45) is 0 Å². The van der Waals surface area contributed by atoms with Crippen LogP contribution in [0.3, 0.4) is 0 Å². The monoisotopic (exact) mass is 286 g/mol. The van der Waals surface area contributed by atoms with E-state index in [1.807, 2.05) is 17.0 Å². The number of hydrogen-bond acceptors (Lipinski definition) is 2. The highest BCUT2D eigenvalue weighted by molar-refractivity contribution is 5.82. The lowest BCUT2D eigenvalue weighted by Gasteiger charge is -2.16. The first kappa shape index (κ1) is 14.1. The summed E-state index contributed by atoms with van der Waals surface area (Å²) in [6.45, 7) is 2.76. The summed E-state index contributed by atoms with van der Waals surface area (Å²) < 4.78 is 0. The van der Waals surface area contributed by atoms with Crippen molar-refractivity contribution in [1.82, 2.24) is 10.2 Å². The highest BCUT2D eigenvalue weighted by atomic mass is 16.2. The van der Waals surface area contributed by atoms with Crippen LogP contribution in [0.25, 0.3) is 0 Å². The zero-order valence-corrected chi connectivity index (χ0v) is 12.5. The highest BCUT2D eigenvalue weighted by Gasteiger charge is 2.39. The molecule has 1 saturated heterocycles. The number of likely N-dealkylation sites (tertiary alicyclic amines) is 1. The zero-order chi connectivity index (χ0) is 14.8. The normalized spacial score (nSPS) is 21.7. The Balaban J connectivity index is 1.46. The Labute approximate surface area is 125 Å². The number of aryl methyl sites for hydroxylation is 2. The minimum Gasteiger partial charge on any atom is -0.351 e. The maximum atomic E-state index is 12.0. The molecule has 112 valence electrons. The van der Waals surface area contributed by atoms with Crippen LogP contribution >= 0.6 is 0 Å². The van der Waals surface area contributed by atoms with Gasteiger partial charge in [0.1, 0.15) is 0 Å². The molecule has 3 rings (SSSR count). The van der Waals surface area contributed by atoms with E-state index in [2.05, 4.69) is 24.4 Å². The number of benzene rings is 1. The first-order valence-electron chi connectivity index (χ1n) is 7.77. The summed E-state index contributed by atoms with van der Waals surface area (Å²) in [6, 6.07) is 8.60. The lowest BCUT2D eigenvalue weighted by Crippen LogP contribution is -2.37. The third-order valence-corrected chi connectivity index (χ3v) is 4.39. The number of rotatable bonds is 5. The molecule has 4 nitrogen and oxygen atoms in total. The summed E-state index contributed by atoms with van der Waals surface area (Å²) >= 11 is 0. The van der Waals surface area contributed by atoms with Gasteiger partial charge in [0, 0.05) is 25.4 Å². The van der Waals surface area contributed by atoms with Gasteiger partial charge < -0.3 is 10.2 Å². The molecule has 1 aromatic carbocycles. The topological polar surface area (TPSA) is 49.4 Å². The van der Waals surface area contributed by atoms with Crippen LogP contribution < -0.4 is 5.32 Å². The Bertz CT molecular complexity index is 551. The Morgan fingerprint density at radius 2 is 2.10 bits per heavy atom. The molecule has 1 unspecified atom stereocenters. The fraction of sp³-hybridized carbons (Fsp3) is 0.529. The molecule has 2 amide bonds. The zero-order valence-electron chi connectivity index (χ0n) is 12.5. The van der Waals surface area contributed by atoms with Gasteiger partial charge >= 0.3 is 0 Å². The van der Waals surface area contributed by atoms with Crippen LogP contribution in [0, 0.1) is 6.92 Å². The maximum absolute atomic E-state index is 12.0. The van der Waals surface area contributed by atoms with E-state index in [1.54, 1.807) is 0 Å². The molecule has 1 atom stereocenters. The van der Waals surface area contributed by atoms with Crippen molar-refractivity contribution in [3.63, 3.8) is 0 Å². The summed E-state index contributed by atoms with van der Waals surface area (Å²) in [6.07, 6.45) is 3.95. The minimum absolute atomic E-state index is 0.00229. The van der Waals surface area contributed by atoms with Crippen LogP contribution in [-0.4, -0.2) is 35.3 Å². The van der Waals surface area contributed by atoms with E-state index < -0.39 is 0 Å². The predicted octanol–water partition coefficient (Wildman–Crippen LogP) is 1.81. The summed E-state index contributed by atoms with van der Waals surface area (Å²) in [5.41, 5.74) is 2.44. The third-order valence-electron chi connectivity index (χ3n) is 4.39.